The molecule has 0 fully saturated rings. The highest BCUT2D eigenvalue weighted by molar-refractivity contribution is 7.80. The normalized spacial score (nSPS) is 11.3. The molecule has 0 saturated heterocycles. The van der Waals surface area contributed by atoms with E-state index >= 15 is 0 Å². The van der Waals surface area contributed by atoms with Crippen LogP contribution in [0.5, 0.6) is 0 Å². The number of fused-ring (bicyclic) bond motifs is 1. The van der Waals surface area contributed by atoms with Crippen molar-refractivity contribution in [3.8, 4) is 0 Å². The molecular formula is C14H14S. The maximum Gasteiger partial charge on any atom is 0.00858 e. The van der Waals surface area contributed by atoms with Crippen molar-refractivity contribution in [2.24, 2.45) is 0 Å². The Morgan fingerprint density at radius 2 is 1.80 bits per heavy atom. The predicted molar refractivity (Wildman–Crippen MR) is 71.6 cm³/mol. The van der Waals surface area contributed by atoms with Crippen molar-refractivity contribution < 1.29 is 0 Å². The largest absolute Gasteiger partial charge is 0.175 e. The number of hydrogen-bond donors (Lipinski definition) is 1. The molecule has 0 atom stereocenters. The second-order valence-electron chi connectivity index (χ2n) is 3.60. The van der Waals surface area contributed by atoms with E-state index in [4.69, 9.17) is 0 Å². The van der Waals surface area contributed by atoms with Gasteiger partial charge in [-0.15, -0.1) is 0 Å². The van der Waals surface area contributed by atoms with Gasteiger partial charge in [0, 0.05) is 5.75 Å². The highest BCUT2D eigenvalue weighted by Crippen LogP contribution is 2.23. The number of thiol groups is 1. The first-order chi connectivity index (χ1) is 7.33. The van der Waals surface area contributed by atoms with Gasteiger partial charge >= 0.3 is 0 Å². The second-order valence-corrected chi connectivity index (χ2v) is 3.97. The molecule has 0 unspecified atom stereocenters. The van der Waals surface area contributed by atoms with Crippen LogP contribution in [-0.2, 0) is 0 Å². The molecule has 0 saturated carbocycles. The van der Waals surface area contributed by atoms with Crippen LogP contribution in [0.15, 0.2) is 42.5 Å². The summed E-state index contributed by atoms with van der Waals surface area (Å²) in [5.74, 6) is 0.780. The fourth-order valence-electron chi connectivity index (χ4n) is 1.80. The van der Waals surface area contributed by atoms with Gasteiger partial charge in [-0.25, -0.2) is 0 Å². The van der Waals surface area contributed by atoms with Crippen molar-refractivity contribution in [3.05, 3.63) is 53.6 Å². The third-order valence-electron chi connectivity index (χ3n) is 2.58. The van der Waals surface area contributed by atoms with Gasteiger partial charge < -0.3 is 0 Å². The fraction of sp³-hybridized carbons (Fsp3) is 0.143. The average molecular weight is 214 g/mol. The molecule has 2 aromatic carbocycles. The van der Waals surface area contributed by atoms with E-state index in [0.29, 0.717) is 0 Å². The summed E-state index contributed by atoms with van der Waals surface area (Å²) in [5.41, 5.74) is 2.60. The molecule has 2 rings (SSSR count). The van der Waals surface area contributed by atoms with Crippen molar-refractivity contribution in [2.45, 2.75) is 6.92 Å². The summed E-state index contributed by atoms with van der Waals surface area (Å²) in [6, 6.07) is 12.8. The molecule has 0 amide bonds. The Morgan fingerprint density at radius 3 is 2.53 bits per heavy atom. The minimum atomic E-state index is 0.780. The first-order valence-corrected chi connectivity index (χ1v) is 5.72. The second kappa shape index (κ2) is 4.54. The topological polar surface area (TPSA) is 0 Å². The van der Waals surface area contributed by atoms with Gasteiger partial charge in [-0.2, -0.15) is 12.6 Å². The van der Waals surface area contributed by atoms with E-state index in [9.17, 15) is 0 Å². The molecule has 0 bridgehead atoms. The van der Waals surface area contributed by atoms with Crippen molar-refractivity contribution in [3.63, 3.8) is 0 Å². The molecule has 2 aromatic rings. The van der Waals surface area contributed by atoms with E-state index in [1.54, 1.807) is 0 Å². The molecule has 15 heavy (non-hydrogen) atoms. The molecule has 0 aliphatic rings. The summed E-state index contributed by atoms with van der Waals surface area (Å²) in [5, 5.41) is 2.65. The number of aryl methyl sites for hydroxylation is 1. The zero-order valence-corrected chi connectivity index (χ0v) is 9.67. The Bertz CT molecular complexity index is 498. The van der Waals surface area contributed by atoms with Crippen LogP contribution in [0.25, 0.3) is 16.8 Å². The Labute approximate surface area is 96.0 Å². The van der Waals surface area contributed by atoms with Crippen LogP contribution in [0.3, 0.4) is 0 Å². The van der Waals surface area contributed by atoms with Gasteiger partial charge in [-0.3, -0.25) is 0 Å². The molecule has 0 spiro atoms. The molecule has 0 nitrogen and oxygen atoms in total. The van der Waals surface area contributed by atoms with Crippen LogP contribution in [0.1, 0.15) is 11.1 Å². The van der Waals surface area contributed by atoms with Crippen LogP contribution in [0.2, 0.25) is 0 Å². The standard InChI is InChI=1S/C14H14S/c1-11-8-9-12(5-4-10-15)14-7-3-2-6-13(11)14/h2-9,15H,10H2,1H3. The summed E-state index contributed by atoms with van der Waals surface area (Å²) in [6.45, 7) is 2.15. The van der Waals surface area contributed by atoms with E-state index < -0.39 is 0 Å². The van der Waals surface area contributed by atoms with Crippen molar-refractivity contribution in [1.82, 2.24) is 0 Å². The van der Waals surface area contributed by atoms with E-state index in [-0.39, 0.29) is 0 Å². The summed E-state index contributed by atoms with van der Waals surface area (Å²) in [6.07, 6.45) is 4.20. The van der Waals surface area contributed by atoms with Gasteiger partial charge in [-0.05, 0) is 28.8 Å². The van der Waals surface area contributed by atoms with Gasteiger partial charge in [0.25, 0.3) is 0 Å². The van der Waals surface area contributed by atoms with Gasteiger partial charge in [0.1, 0.15) is 0 Å². The Morgan fingerprint density at radius 1 is 1.07 bits per heavy atom. The third kappa shape index (κ3) is 2.07. The molecule has 0 N–H and O–H groups in total. The van der Waals surface area contributed by atoms with E-state index in [1.165, 1.54) is 21.9 Å². The third-order valence-corrected chi connectivity index (χ3v) is 2.79. The van der Waals surface area contributed by atoms with Crippen molar-refractivity contribution in [1.29, 1.82) is 0 Å². The van der Waals surface area contributed by atoms with E-state index in [0.717, 1.165) is 5.75 Å². The highest BCUT2D eigenvalue weighted by atomic mass is 32.1. The molecule has 0 aliphatic carbocycles. The van der Waals surface area contributed by atoms with Gasteiger partial charge in [0.2, 0.25) is 0 Å². The average Bonchev–Trinajstić information content (AvgIpc) is 2.29. The SMILES string of the molecule is Cc1ccc(C=CCS)c2ccccc12. The van der Waals surface area contributed by atoms with Crippen LogP contribution >= 0.6 is 12.6 Å². The quantitative estimate of drug-likeness (QED) is 0.715. The highest BCUT2D eigenvalue weighted by Gasteiger charge is 1.99. The Hall–Kier alpha value is -1.21. The summed E-state index contributed by atoms with van der Waals surface area (Å²) >= 11 is 4.18. The fourth-order valence-corrected chi connectivity index (χ4v) is 1.90. The minimum absolute atomic E-state index is 0.780. The van der Waals surface area contributed by atoms with Crippen LogP contribution in [0.4, 0.5) is 0 Å². The maximum atomic E-state index is 4.18. The van der Waals surface area contributed by atoms with Crippen LogP contribution in [-0.4, -0.2) is 5.75 Å². The molecule has 0 heterocycles. The summed E-state index contributed by atoms with van der Waals surface area (Å²) in [4.78, 5) is 0. The lowest BCUT2D eigenvalue weighted by atomic mass is 10.0. The van der Waals surface area contributed by atoms with Gasteiger partial charge in [-0.1, -0.05) is 48.6 Å². The number of rotatable bonds is 2. The van der Waals surface area contributed by atoms with Crippen LogP contribution in [0, 0.1) is 6.92 Å². The van der Waals surface area contributed by atoms with Crippen LogP contribution < -0.4 is 0 Å². The first kappa shape index (κ1) is 10.3. The zero-order valence-electron chi connectivity index (χ0n) is 8.77. The molecule has 76 valence electrons. The van der Waals surface area contributed by atoms with Gasteiger partial charge in [0.05, 0.1) is 0 Å². The predicted octanol–water partition coefficient (Wildman–Crippen LogP) is 4.09. The maximum absolute atomic E-state index is 4.18. The van der Waals surface area contributed by atoms with Crippen molar-refractivity contribution >= 4 is 29.5 Å². The molecule has 0 aliphatic heterocycles. The zero-order chi connectivity index (χ0) is 10.7. The summed E-state index contributed by atoms with van der Waals surface area (Å²) in [7, 11) is 0. The lowest BCUT2D eigenvalue weighted by Gasteiger charge is -2.05. The van der Waals surface area contributed by atoms with E-state index in [2.05, 4.69) is 68.1 Å². The van der Waals surface area contributed by atoms with Gasteiger partial charge in [0.15, 0.2) is 0 Å². The number of hydrogen-bond acceptors (Lipinski definition) is 1. The first-order valence-electron chi connectivity index (χ1n) is 5.08. The molecular weight excluding hydrogens is 200 g/mol. The molecule has 1 heteroatoms. The molecule has 0 aromatic heterocycles. The lowest BCUT2D eigenvalue weighted by Crippen LogP contribution is -1.82. The lowest BCUT2D eigenvalue weighted by molar-refractivity contribution is 1.52. The molecule has 0 radical (unpaired) electrons. The Balaban J connectivity index is 2.66. The minimum Gasteiger partial charge on any atom is -0.175 e. The summed E-state index contributed by atoms with van der Waals surface area (Å²) < 4.78 is 0. The number of benzene rings is 2. The van der Waals surface area contributed by atoms with E-state index in [1.807, 2.05) is 0 Å². The van der Waals surface area contributed by atoms with Crippen molar-refractivity contribution in [2.75, 3.05) is 5.75 Å². The Kier molecular flexibility index (Phi) is 3.12. The smallest absolute Gasteiger partial charge is 0.00858 e. The monoisotopic (exact) mass is 214 g/mol.